The van der Waals surface area contributed by atoms with Gasteiger partial charge in [-0.3, -0.25) is 9.69 Å². The van der Waals surface area contributed by atoms with Crippen molar-refractivity contribution >= 4 is 5.91 Å². The van der Waals surface area contributed by atoms with E-state index in [1.807, 2.05) is 0 Å². The Morgan fingerprint density at radius 3 is 2.74 bits per heavy atom. The summed E-state index contributed by atoms with van der Waals surface area (Å²) in [6.45, 7) is 9.45. The molecule has 2 saturated heterocycles. The highest BCUT2D eigenvalue weighted by molar-refractivity contribution is 5.78. The van der Waals surface area contributed by atoms with Crippen molar-refractivity contribution in [2.45, 2.75) is 38.1 Å². The number of nitrogens with one attached hydrogen (secondary N) is 1. The third-order valence-corrected chi connectivity index (χ3v) is 4.21. The van der Waals surface area contributed by atoms with E-state index in [9.17, 15) is 4.79 Å². The highest BCUT2D eigenvalue weighted by Crippen LogP contribution is 2.19. The monoisotopic (exact) mass is 265 g/mol. The fourth-order valence-electron chi connectivity index (χ4n) is 3.18. The Kier molecular flexibility index (Phi) is 5.86. The number of amides is 1. The lowest BCUT2D eigenvalue weighted by Crippen LogP contribution is -2.45. The zero-order valence-corrected chi connectivity index (χ0v) is 11.9. The van der Waals surface area contributed by atoms with Gasteiger partial charge in [-0.15, -0.1) is 6.58 Å². The summed E-state index contributed by atoms with van der Waals surface area (Å²) < 4.78 is 0. The Balaban J connectivity index is 1.75. The molecule has 0 unspecified atom stereocenters. The predicted octanol–water partition coefficient (Wildman–Crippen LogP) is 1.24. The number of rotatable bonds is 6. The van der Waals surface area contributed by atoms with Gasteiger partial charge in [0.2, 0.25) is 5.91 Å². The van der Waals surface area contributed by atoms with Crippen LogP contribution in [-0.4, -0.2) is 61.0 Å². The van der Waals surface area contributed by atoms with Crippen LogP contribution in [0.15, 0.2) is 12.7 Å². The first-order valence-electron chi connectivity index (χ1n) is 7.63. The smallest absolute Gasteiger partial charge is 0.234 e. The number of hydrogen-bond donors (Lipinski definition) is 1. The molecule has 2 heterocycles. The van der Waals surface area contributed by atoms with Crippen molar-refractivity contribution in [1.82, 2.24) is 15.1 Å². The van der Waals surface area contributed by atoms with Crippen LogP contribution >= 0.6 is 0 Å². The minimum Gasteiger partial charge on any atom is -0.352 e. The normalized spacial score (nSPS) is 25.4. The van der Waals surface area contributed by atoms with Gasteiger partial charge in [0.25, 0.3) is 0 Å². The van der Waals surface area contributed by atoms with Crippen LogP contribution in [0.1, 0.15) is 32.1 Å². The van der Waals surface area contributed by atoms with Crippen LogP contribution in [-0.2, 0) is 4.79 Å². The average Bonchev–Trinajstić information content (AvgIpc) is 2.85. The van der Waals surface area contributed by atoms with Crippen molar-refractivity contribution in [3.8, 4) is 0 Å². The van der Waals surface area contributed by atoms with Gasteiger partial charge < -0.3 is 10.2 Å². The average molecular weight is 265 g/mol. The topological polar surface area (TPSA) is 35.6 Å². The standard InChI is InChI=1S/C15H27N3O/c1-2-8-16-15(19)13-18-11-6-7-14(18)12-17-9-4-3-5-10-17/h2,14H,1,3-13H2,(H,16,19)/t14-/m0/s1. The minimum absolute atomic E-state index is 0.130. The van der Waals surface area contributed by atoms with Gasteiger partial charge in [-0.05, 0) is 45.3 Å². The third kappa shape index (κ3) is 4.62. The number of nitrogens with zero attached hydrogens (tertiary/aromatic N) is 2. The maximum Gasteiger partial charge on any atom is 0.234 e. The molecule has 1 atom stereocenters. The molecule has 0 aromatic rings. The predicted molar refractivity (Wildman–Crippen MR) is 78.1 cm³/mol. The summed E-state index contributed by atoms with van der Waals surface area (Å²) in [5, 5.41) is 2.87. The van der Waals surface area contributed by atoms with Crippen molar-refractivity contribution in [3.05, 3.63) is 12.7 Å². The summed E-state index contributed by atoms with van der Waals surface area (Å²) >= 11 is 0. The van der Waals surface area contributed by atoms with Crippen LogP contribution in [0.4, 0.5) is 0 Å². The lowest BCUT2D eigenvalue weighted by molar-refractivity contribution is -0.122. The Labute approximate surface area is 116 Å². The van der Waals surface area contributed by atoms with E-state index in [0.29, 0.717) is 19.1 Å². The molecule has 4 nitrogen and oxygen atoms in total. The highest BCUT2D eigenvalue weighted by Gasteiger charge is 2.28. The molecule has 0 radical (unpaired) electrons. The SMILES string of the molecule is C=CCNC(=O)CN1CCC[C@H]1CN1CCCCC1. The molecule has 0 saturated carbocycles. The molecule has 0 aromatic carbocycles. The molecular weight excluding hydrogens is 238 g/mol. The zero-order chi connectivity index (χ0) is 13.5. The fourth-order valence-corrected chi connectivity index (χ4v) is 3.18. The summed E-state index contributed by atoms with van der Waals surface area (Å²) in [6, 6.07) is 0.576. The quantitative estimate of drug-likeness (QED) is 0.734. The first kappa shape index (κ1) is 14.5. The zero-order valence-electron chi connectivity index (χ0n) is 11.9. The van der Waals surface area contributed by atoms with E-state index in [1.54, 1.807) is 6.08 Å². The van der Waals surface area contributed by atoms with Crippen LogP contribution in [0.2, 0.25) is 0 Å². The van der Waals surface area contributed by atoms with E-state index in [2.05, 4.69) is 21.7 Å². The molecule has 1 amide bonds. The van der Waals surface area contributed by atoms with E-state index in [-0.39, 0.29) is 5.91 Å². The number of hydrogen-bond acceptors (Lipinski definition) is 3. The van der Waals surface area contributed by atoms with Crippen LogP contribution < -0.4 is 5.32 Å². The Morgan fingerprint density at radius 1 is 1.21 bits per heavy atom. The molecule has 2 aliphatic rings. The lowest BCUT2D eigenvalue weighted by atomic mass is 10.1. The van der Waals surface area contributed by atoms with Gasteiger partial charge in [-0.2, -0.15) is 0 Å². The summed E-state index contributed by atoms with van der Waals surface area (Å²) in [5.41, 5.74) is 0. The van der Waals surface area contributed by atoms with Crippen molar-refractivity contribution in [1.29, 1.82) is 0 Å². The summed E-state index contributed by atoms with van der Waals surface area (Å²) in [4.78, 5) is 16.7. The van der Waals surface area contributed by atoms with Gasteiger partial charge in [-0.1, -0.05) is 12.5 Å². The molecule has 0 aliphatic carbocycles. The molecule has 1 N–H and O–H groups in total. The van der Waals surface area contributed by atoms with Crippen molar-refractivity contribution in [3.63, 3.8) is 0 Å². The molecule has 19 heavy (non-hydrogen) atoms. The van der Waals surface area contributed by atoms with Crippen molar-refractivity contribution in [2.75, 3.05) is 39.3 Å². The molecule has 2 aliphatic heterocycles. The first-order chi connectivity index (χ1) is 9.29. The Bertz CT molecular complexity index is 300. The molecule has 108 valence electrons. The largest absolute Gasteiger partial charge is 0.352 e. The molecule has 0 bridgehead atoms. The van der Waals surface area contributed by atoms with Crippen molar-refractivity contribution < 1.29 is 4.79 Å². The van der Waals surface area contributed by atoms with E-state index >= 15 is 0 Å². The molecule has 0 spiro atoms. The second-order valence-corrected chi connectivity index (χ2v) is 5.72. The summed E-state index contributed by atoms with van der Waals surface area (Å²) in [6.07, 6.45) is 8.26. The molecule has 2 rings (SSSR count). The van der Waals surface area contributed by atoms with E-state index < -0.39 is 0 Å². The molecule has 0 aromatic heterocycles. The summed E-state index contributed by atoms with van der Waals surface area (Å²) in [7, 11) is 0. The highest BCUT2D eigenvalue weighted by atomic mass is 16.2. The van der Waals surface area contributed by atoms with Gasteiger partial charge in [0.05, 0.1) is 6.54 Å². The molecule has 4 heteroatoms. The Morgan fingerprint density at radius 2 is 2.00 bits per heavy atom. The second kappa shape index (κ2) is 7.65. The number of carbonyl (C=O) groups is 1. The van der Waals surface area contributed by atoms with Crippen LogP contribution in [0.3, 0.4) is 0 Å². The summed E-state index contributed by atoms with van der Waals surface area (Å²) in [5.74, 6) is 0.130. The number of carbonyl (C=O) groups excluding carboxylic acids is 1. The number of likely N-dealkylation sites (tertiary alicyclic amines) is 2. The van der Waals surface area contributed by atoms with E-state index in [1.165, 1.54) is 45.2 Å². The van der Waals surface area contributed by atoms with Crippen LogP contribution in [0, 0.1) is 0 Å². The van der Waals surface area contributed by atoms with E-state index in [4.69, 9.17) is 0 Å². The van der Waals surface area contributed by atoms with Gasteiger partial charge in [0.15, 0.2) is 0 Å². The molecular formula is C15H27N3O. The maximum atomic E-state index is 11.8. The minimum atomic E-state index is 0.130. The van der Waals surface area contributed by atoms with Crippen LogP contribution in [0.5, 0.6) is 0 Å². The van der Waals surface area contributed by atoms with Gasteiger partial charge in [-0.25, -0.2) is 0 Å². The first-order valence-corrected chi connectivity index (χ1v) is 7.63. The molecule has 2 fully saturated rings. The fraction of sp³-hybridized carbons (Fsp3) is 0.800. The maximum absolute atomic E-state index is 11.8. The Hall–Kier alpha value is -0.870. The van der Waals surface area contributed by atoms with Gasteiger partial charge in [0, 0.05) is 19.1 Å². The van der Waals surface area contributed by atoms with E-state index in [0.717, 1.165) is 13.1 Å². The third-order valence-electron chi connectivity index (χ3n) is 4.21. The number of piperidine rings is 1. The van der Waals surface area contributed by atoms with Gasteiger partial charge >= 0.3 is 0 Å². The van der Waals surface area contributed by atoms with Crippen molar-refractivity contribution in [2.24, 2.45) is 0 Å². The van der Waals surface area contributed by atoms with Crippen LogP contribution in [0.25, 0.3) is 0 Å². The van der Waals surface area contributed by atoms with Gasteiger partial charge in [0.1, 0.15) is 0 Å². The second-order valence-electron chi connectivity index (χ2n) is 5.72. The lowest BCUT2D eigenvalue weighted by Gasteiger charge is -2.32.